The lowest BCUT2D eigenvalue weighted by atomic mass is 10.0. The minimum absolute atomic E-state index is 0. The highest BCUT2D eigenvalue weighted by atomic mass is 35.5. The van der Waals surface area contributed by atoms with E-state index in [1.54, 1.807) is 0 Å². The molecule has 210 valence electrons. The Labute approximate surface area is 257 Å². The topological polar surface area (TPSA) is 6.02 Å². The van der Waals surface area contributed by atoms with Crippen molar-refractivity contribution in [3.8, 4) is 0 Å². The zero-order chi connectivity index (χ0) is 28.9. The van der Waals surface area contributed by atoms with Gasteiger partial charge in [-0.15, -0.1) is 9.15 Å². The average molecular weight is 570 g/mol. The van der Waals surface area contributed by atoms with Crippen LogP contribution in [0.25, 0.3) is 36.5 Å². The van der Waals surface area contributed by atoms with E-state index in [4.69, 9.17) is 0 Å². The molecule has 0 amide bonds. The van der Waals surface area contributed by atoms with Gasteiger partial charge in [0.15, 0.2) is 0 Å². The summed E-state index contributed by atoms with van der Waals surface area (Å²) in [5.74, 6) is 0. The highest BCUT2D eigenvalue weighted by Crippen LogP contribution is 2.30. The van der Waals surface area contributed by atoms with Gasteiger partial charge in [0.25, 0.3) is 0 Å². The predicted octanol–water partition coefficient (Wildman–Crippen LogP) is 6.65. The fourth-order valence-electron chi connectivity index (χ4n) is 5.62. The van der Waals surface area contributed by atoms with E-state index in [-0.39, 0.29) is 12.4 Å². The number of rotatable bonds is 8. The predicted molar refractivity (Wildman–Crippen MR) is 180 cm³/mol. The molecular formula is C39H38ClN2+. The molecule has 0 unspecified atom stereocenters. The maximum Gasteiger partial charge on any atom is 0.413 e. The first-order valence-corrected chi connectivity index (χ1v) is 14.1. The van der Waals surface area contributed by atoms with E-state index in [0.717, 1.165) is 17.7 Å². The van der Waals surface area contributed by atoms with Crippen molar-refractivity contribution in [2.75, 3.05) is 6.54 Å². The lowest BCUT2D eigenvalue weighted by Crippen LogP contribution is -3.00. The average Bonchev–Trinajstić information content (AvgIpc) is 3.43. The van der Waals surface area contributed by atoms with Crippen LogP contribution >= 0.6 is 0 Å². The summed E-state index contributed by atoms with van der Waals surface area (Å²) >= 11 is 0. The van der Waals surface area contributed by atoms with Crippen molar-refractivity contribution in [2.45, 2.75) is 27.7 Å². The van der Waals surface area contributed by atoms with Gasteiger partial charge in [0.05, 0.1) is 0 Å². The van der Waals surface area contributed by atoms with Crippen molar-refractivity contribution in [3.63, 3.8) is 0 Å². The van der Waals surface area contributed by atoms with Crippen LogP contribution in [0.15, 0.2) is 86.0 Å². The maximum absolute atomic E-state index is 3.83. The number of nitrogens with zero attached hydrogens (tertiary/aromatic N) is 2. The molecule has 3 heteroatoms. The van der Waals surface area contributed by atoms with Crippen LogP contribution in [0.4, 0.5) is 11.4 Å². The molecule has 1 aliphatic heterocycles. The van der Waals surface area contributed by atoms with E-state index in [1.807, 2.05) is 12.2 Å². The molecule has 42 heavy (non-hydrogen) atoms. The smallest absolute Gasteiger partial charge is 0.413 e. The normalized spacial score (nSPS) is 12.8. The summed E-state index contributed by atoms with van der Waals surface area (Å²) in [5, 5.41) is 0. The van der Waals surface area contributed by atoms with E-state index in [0.29, 0.717) is 0 Å². The van der Waals surface area contributed by atoms with Gasteiger partial charge in [0.1, 0.15) is 0 Å². The molecule has 0 saturated carbocycles. The highest BCUT2D eigenvalue weighted by molar-refractivity contribution is 5.76. The van der Waals surface area contributed by atoms with Crippen LogP contribution in [0, 0.1) is 27.7 Å². The minimum Gasteiger partial charge on any atom is -1.00 e. The fraction of sp³-hybridized carbons (Fsp3) is 0.128. The summed E-state index contributed by atoms with van der Waals surface area (Å²) in [6.07, 6.45) is 17.0. The molecule has 5 rings (SSSR count). The lowest BCUT2D eigenvalue weighted by molar-refractivity contribution is -0.446. The van der Waals surface area contributed by atoms with E-state index in [1.165, 1.54) is 55.9 Å². The molecule has 1 heterocycles. The van der Waals surface area contributed by atoms with Gasteiger partial charge in [0, 0.05) is 22.3 Å². The Bertz CT molecular complexity index is 1700. The largest absolute Gasteiger partial charge is 1.00 e. The van der Waals surface area contributed by atoms with Gasteiger partial charge in [-0.1, -0.05) is 98.1 Å². The van der Waals surface area contributed by atoms with Gasteiger partial charge in [-0.3, -0.25) is 0 Å². The van der Waals surface area contributed by atoms with Gasteiger partial charge >= 0.3 is 6.34 Å². The van der Waals surface area contributed by atoms with Crippen LogP contribution in [0.2, 0.25) is 0 Å². The molecule has 0 aromatic heterocycles. The Morgan fingerprint density at radius 1 is 0.524 bits per heavy atom. The lowest BCUT2D eigenvalue weighted by Gasteiger charge is -2.06. The second-order valence-corrected chi connectivity index (χ2v) is 10.8. The Hall–Kier alpha value is -4.53. The number of benzene rings is 4. The minimum atomic E-state index is 0. The first-order chi connectivity index (χ1) is 19.8. The van der Waals surface area contributed by atoms with Crippen LogP contribution in [-0.4, -0.2) is 28.2 Å². The fourth-order valence-corrected chi connectivity index (χ4v) is 5.62. The van der Waals surface area contributed by atoms with Crippen molar-refractivity contribution < 1.29 is 21.6 Å². The summed E-state index contributed by atoms with van der Waals surface area (Å²) in [6.45, 7) is 17.3. The van der Waals surface area contributed by atoms with Crippen molar-refractivity contribution in [1.82, 2.24) is 0 Å². The zero-order valence-electron chi connectivity index (χ0n) is 24.9. The quantitative estimate of drug-likeness (QED) is 0.165. The van der Waals surface area contributed by atoms with Gasteiger partial charge in [0.2, 0.25) is 24.1 Å². The molecule has 0 radical (unpaired) electrons. The third kappa shape index (κ3) is 6.84. The Balaban J connectivity index is 0.00000405. The molecule has 4 aromatic carbocycles. The summed E-state index contributed by atoms with van der Waals surface area (Å²) in [5.41, 5.74) is 14.6. The number of hydrogen-bond acceptors (Lipinski definition) is 0. The van der Waals surface area contributed by atoms with E-state index < -0.39 is 0 Å². The third-order valence-electron chi connectivity index (χ3n) is 7.59. The summed E-state index contributed by atoms with van der Waals surface area (Å²) in [4.78, 5) is 0. The van der Waals surface area contributed by atoms with Crippen LogP contribution in [0.1, 0.15) is 55.6 Å². The van der Waals surface area contributed by atoms with Gasteiger partial charge in [-0.25, -0.2) is 0 Å². The molecule has 4 aromatic rings. The van der Waals surface area contributed by atoms with Crippen LogP contribution < -0.4 is 12.4 Å². The van der Waals surface area contributed by atoms with E-state index in [2.05, 4.69) is 160 Å². The second kappa shape index (κ2) is 13.4. The summed E-state index contributed by atoms with van der Waals surface area (Å²) in [7, 11) is 0. The maximum atomic E-state index is 3.83. The van der Waals surface area contributed by atoms with Crippen LogP contribution in [0.5, 0.6) is 0 Å². The molecule has 0 aliphatic carbocycles. The summed E-state index contributed by atoms with van der Waals surface area (Å²) < 4.78 is 4.64. The molecule has 0 atom stereocenters. The van der Waals surface area contributed by atoms with Crippen molar-refractivity contribution in [3.05, 3.63) is 142 Å². The first kappa shape index (κ1) is 30.4. The standard InChI is InChI=1S/C39H38N2.ClH/c1-7-32-9-13-34(14-10-32)17-19-36-23-28(3)38(29(4)24-36)40-21-22-41(27-40)39-30(5)25-37(26-31(39)6)20-18-35-15-11-33(8-2)12-16-35;/h7-21,23-27H,1-2,22H2,3-6H3;1H/q+2;/p-1/b19-17+,20-18+;. The Morgan fingerprint density at radius 3 is 1.29 bits per heavy atom. The molecule has 0 fully saturated rings. The SMILES string of the molecule is C=Cc1ccc(/C=C/c2cc(C)c([N+]3=CC[N+](c4c(C)cc(/C=C/c5ccc(C=C)cc5)cc4C)=C3)c(C)c2)cc1.[Cl-]. The van der Waals surface area contributed by atoms with Crippen molar-refractivity contribution >= 4 is 60.4 Å². The molecule has 2 nitrogen and oxygen atoms in total. The monoisotopic (exact) mass is 569 g/mol. The highest BCUT2D eigenvalue weighted by Gasteiger charge is 2.29. The number of hydrogen-bond donors (Lipinski definition) is 0. The second-order valence-electron chi connectivity index (χ2n) is 10.8. The van der Waals surface area contributed by atoms with Crippen molar-refractivity contribution in [1.29, 1.82) is 0 Å². The zero-order valence-corrected chi connectivity index (χ0v) is 25.7. The Morgan fingerprint density at radius 2 is 0.881 bits per heavy atom. The number of aryl methyl sites for hydroxylation is 4. The Kier molecular flexibility index (Phi) is 9.72. The molecule has 0 spiro atoms. The molecule has 0 saturated heterocycles. The van der Waals surface area contributed by atoms with Crippen LogP contribution in [-0.2, 0) is 0 Å². The van der Waals surface area contributed by atoms with E-state index in [9.17, 15) is 0 Å². The molecule has 0 bridgehead atoms. The molecule has 1 aliphatic rings. The van der Waals surface area contributed by atoms with Gasteiger partial charge < -0.3 is 12.4 Å². The van der Waals surface area contributed by atoms with Crippen molar-refractivity contribution in [2.24, 2.45) is 0 Å². The molecular weight excluding hydrogens is 532 g/mol. The summed E-state index contributed by atoms with van der Waals surface area (Å²) in [6, 6.07) is 25.9. The van der Waals surface area contributed by atoms with E-state index >= 15 is 0 Å². The first-order valence-electron chi connectivity index (χ1n) is 14.1. The van der Waals surface area contributed by atoms with Crippen LogP contribution in [0.3, 0.4) is 0 Å². The molecule has 0 N–H and O–H groups in total. The third-order valence-corrected chi connectivity index (χ3v) is 7.59. The number of halogens is 1. The van der Waals surface area contributed by atoms with Gasteiger partial charge in [-0.2, -0.15) is 0 Å². The van der Waals surface area contributed by atoms with Gasteiger partial charge in [-0.05, 0) is 85.3 Å².